The molecule has 0 spiro atoms. The van der Waals surface area contributed by atoms with Crippen LogP contribution in [0.3, 0.4) is 0 Å². The third-order valence-electron chi connectivity index (χ3n) is 4.49. The zero-order chi connectivity index (χ0) is 20.7. The first-order chi connectivity index (χ1) is 13.3. The SMILES string of the molecule is CCC[C@H](C)NC(=O)c1ccc(CN(C)S(=O)(=O)c2ccc(OC)cc2)cc1. The van der Waals surface area contributed by atoms with Crippen molar-refractivity contribution in [3.05, 3.63) is 59.7 Å². The van der Waals surface area contributed by atoms with Crippen LogP contribution in [0.25, 0.3) is 0 Å². The van der Waals surface area contributed by atoms with Gasteiger partial charge in [-0.05, 0) is 55.3 Å². The number of hydrogen-bond donors (Lipinski definition) is 1. The lowest BCUT2D eigenvalue weighted by atomic mass is 10.1. The Labute approximate surface area is 167 Å². The van der Waals surface area contributed by atoms with E-state index in [1.807, 2.05) is 6.92 Å². The minimum Gasteiger partial charge on any atom is -0.497 e. The first-order valence-electron chi connectivity index (χ1n) is 9.28. The lowest BCUT2D eigenvalue weighted by Crippen LogP contribution is -2.32. The number of amides is 1. The summed E-state index contributed by atoms with van der Waals surface area (Å²) in [5.41, 5.74) is 1.37. The van der Waals surface area contributed by atoms with Crippen LogP contribution in [0.4, 0.5) is 0 Å². The number of carbonyl (C=O) groups is 1. The maximum atomic E-state index is 12.7. The van der Waals surface area contributed by atoms with Gasteiger partial charge in [-0.25, -0.2) is 8.42 Å². The van der Waals surface area contributed by atoms with Crippen molar-refractivity contribution in [2.45, 2.75) is 44.2 Å². The van der Waals surface area contributed by atoms with Crippen LogP contribution in [0.1, 0.15) is 42.6 Å². The second kappa shape index (κ2) is 9.71. The quantitative estimate of drug-likeness (QED) is 0.695. The number of hydrogen-bond acceptors (Lipinski definition) is 4. The number of ether oxygens (including phenoxy) is 1. The van der Waals surface area contributed by atoms with Crippen LogP contribution in [0.2, 0.25) is 0 Å². The van der Waals surface area contributed by atoms with Gasteiger partial charge in [0.05, 0.1) is 12.0 Å². The van der Waals surface area contributed by atoms with Crippen molar-refractivity contribution in [3.8, 4) is 5.75 Å². The number of carbonyl (C=O) groups excluding carboxylic acids is 1. The monoisotopic (exact) mass is 404 g/mol. The summed E-state index contributed by atoms with van der Waals surface area (Å²) < 4.78 is 31.8. The standard InChI is InChI=1S/C21H28N2O4S/c1-5-6-16(2)22-21(24)18-9-7-17(8-10-18)15-23(3)28(25,26)20-13-11-19(27-4)12-14-20/h7-14,16H,5-6,15H2,1-4H3,(H,22,24)/t16-/m0/s1. The third-order valence-corrected chi connectivity index (χ3v) is 6.31. The van der Waals surface area contributed by atoms with E-state index in [0.717, 1.165) is 18.4 Å². The van der Waals surface area contributed by atoms with Gasteiger partial charge >= 0.3 is 0 Å². The predicted molar refractivity (Wildman–Crippen MR) is 110 cm³/mol. The highest BCUT2D eigenvalue weighted by Crippen LogP contribution is 2.20. The van der Waals surface area contributed by atoms with E-state index in [1.54, 1.807) is 36.4 Å². The molecule has 7 heteroatoms. The predicted octanol–water partition coefficient (Wildman–Crippen LogP) is 3.43. The Balaban J connectivity index is 2.05. The van der Waals surface area contributed by atoms with E-state index in [4.69, 9.17) is 4.74 Å². The van der Waals surface area contributed by atoms with Crippen LogP contribution >= 0.6 is 0 Å². The van der Waals surface area contributed by atoms with Crippen LogP contribution in [0.15, 0.2) is 53.4 Å². The molecule has 0 aliphatic heterocycles. The molecule has 1 amide bonds. The highest BCUT2D eigenvalue weighted by Gasteiger charge is 2.21. The van der Waals surface area contributed by atoms with E-state index >= 15 is 0 Å². The van der Waals surface area contributed by atoms with Crippen molar-refractivity contribution < 1.29 is 17.9 Å². The molecule has 0 aliphatic carbocycles. The molecule has 6 nitrogen and oxygen atoms in total. The third kappa shape index (κ3) is 5.56. The van der Waals surface area contributed by atoms with Crippen molar-refractivity contribution in [1.29, 1.82) is 0 Å². The molecule has 1 N–H and O–H groups in total. The van der Waals surface area contributed by atoms with Gasteiger partial charge in [-0.2, -0.15) is 4.31 Å². The molecular formula is C21H28N2O4S. The molecule has 0 aromatic heterocycles. The van der Waals surface area contributed by atoms with E-state index in [0.29, 0.717) is 11.3 Å². The molecule has 0 unspecified atom stereocenters. The van der Waals surface area contributed by atoms with Crippen molar-refractivity contribution in [2.24, 2.45) is 0 Å². The van der Waals surface area contributed by atoms with Gasteiger partial charge in [0, 0.05) is 25.2 Å². The zero-order valence-corrected chi connectivity index (χ0v) is 17.6. The van der Waals surface area contributed by atoms with E-state index in [2.05, 4.69) is 12.2 Å². The Kier molecular flexibility index (Phi) is 7.60. The number of rotatable bonds is 9. The molecule has 2 aromatic rings. The normalized spacial score (nSPS) is 12.6. The van der Waals surface area contributed by atoms with Crippen LogP contribution in [0, 0.1) is 0 Å². The zero-order valence-electron chi connectivity index (χ0n) is 16.8. The summed E-state index contributed by atoms with van der Waals surface area (Å²) >= 11 is 0. The molecular weight excluding hydrogens is 376 g/mol. The van der Waals surface area contributed by atoms with Crippen LogP contribution in [-0.2, 0) is 16.6 Å². The van der Waals surface area contributed by atoms with Crippen LogP contribution < -0.4 is 10.1 Å². The van der Waals surface area contributed by atoms with Crippen molar-refractivity contribution in [2.75, 3.05) is 14.2 Å². The van der Waals surface area contributed by atoms with E-state index in [9.17, 15) is 13.2 Å². The van der Waals surface area contributed by atoms with Crippen molar-refractivity contribution in [3.63, 3.8) is 0 Å². The first-order valence-corrected chi connectivity index (χ1v) is 10.7. The number of nitrogens with one attached hydrogen (secondary N) is 1. The first kappa shape index (κ1) is 21.9. The minimum absolute atomic E-state index is 0.119. The van der Waals surface area contributed by atoms with Gasteiger partial charge in [0.25, 0.3) is 5.91 Å². The fourth-order valence-electron chi connectivity index (χ4n) is 2.84. The van der Waals surface area contributed by atoms with Gasteiger partial charge in [-0.15, -0.1) is 0 Å². The lowest BCUT2D eigenvalue weighted by Gasteiger charge is -2.18. The second-order valence-electron chi connectivity index (χ2n) is 6.80. The molecule has 2 aromatic carbocycles. The Morgan fingerprint density at radius 1 is 1.11 bits per heavy atom. The fourth-order valence-corrected chi connectivity index (χ4v) is 4.00. The lowest BCUT2D eigenvalue weighted by molar-refractivity contribution is 0.0938. The van der Waals surface area contributed by atoms with E-state index in [1.165, 1.54) is 30.6 Å². The molecule has 1 atom stereocenters. The Bertz CT molecular complexity index is 878. The summed E-state index contributed by atoms with van der Waals surface area (Å²) in [7, 11) is -0.546. The highest BCUT2D eigenvalue weighted by molar-refractivity contribution is 7.89. The molecule has 152 valence electrons. The van der Waals surface area contributed by atoms with Gasteiger partial charge in [-0.3, -0.25) is 4.79 Å². The van der Waals surface area contributed by atoms with Crippen molar-refractivity contribution >= 4 is 15.9 Å². The van der Waals surface area contributed by atoms with Gasteiger partial charge in [-0.1, -0.05) is 25.5 Å². The van der Waals surface area contributed by atoms with Gasteiger partial charge in [0.2, 0.25) is 10.0 Å². The summed E-state index contributed by atoms with van der Waals surface area (Å²) in [6.45, 7) is 4.27. The molecule has 28 heavy (non-hydrogen) atoms. The molecule has 0 saturated heterocycles. The smallest absolute Gasteiger partial charge is 0.251 e. The summed E-state index contributed by atoms with van der Waals surface area (Å²) in [4.78, 5) is 12.4. The Morgan fingerprint density at radius 3 is 2.25 bits per heavy atom. The van der Waals surface area contributed by atoms with Gasteiger partial charge in [0.15, 0.2) is 0 Å². The number of sulfonamides is 1. The summed E-state index contributed by atoms with van der Waals surface area (Å²) in [6, 6.07) is 13.4. The molecule has 0 bridgehead atoms. The number of nitrogens with zero attached hydrogens (tertiary/aromatic N) is 1. The van der Waals surface area contributed by atoms with Crippen molar-refractivity contribution in [1.82, 2.24) is 9.62 Å². The molecule has 0 saturated carbocycles. The number of benzene rings is 2. The largest absolute Gasteiger partial charge is 0.497 e. The topological polar surface area (TPSA) is 75.7 Å². The summed E-state index contributed by atoms with van der Waals surface area (Å²) in [5.74, 6) is 0.482. The fraction of sp³-hybridized carbons (Fsp3) is 0.381. The second-order valence-corrected chi connectivity index (χ2v) is 8.84. The minimum atomic E-state index is -3.61. The average molecular weight is 405 g/mol. The van der Waals surface area contributed by atoms with Gasteiger partial charge in [0.1, 0.15) is 5.75 Å². The Morgan fingerprint density at radius 2 is 1.71 bits per heavy atom. The van der Waals surface area contributed by atoms with Gasteiger partial charge < -0.3 is 10.1 Å². The molecule has 0 fully saturated rings. The molecule has 0 aliphatic rings. The maximum absolute atomic E-state index is 12.7. The van der Waals surface area contributed by atoms with E-state index in [-0.39, 0.29) is 23.4 Å². The van der Waals surface area contributed by atoms with Crippen LogP contribution in [0.5, 0.6) is 5.75 Å². The molecule has 2 rings (SSSR count). The highest BCUT2D eigenvalue weighted by atomic mass is 32.2. The summed E-state index contributed by atoms with van der Waals surface area (Å²) in [5, 5.41) is 2.96. The van der Waals surface area contributed by atoms with Crippen LogP contribution in [-0.4, -0.2) is 38.8 Å². The average Bonchev–Trinajstić information content (AvgIpc) is 2.68. The number of methoxy groups -OCH3 is 1. The molecule has 0 heterocycles. The molecule has 0 radical (unpaired) electrons. The summed E-state index contributed by atoms with van der Waals surface area (Å²) in [6.07, 6.45) is 1.94. The van der Waals surface area contributed by atoms with E-state index < -0.39 is 10.0 Å². The Hall–Kier alpha value is -2.38. The maximum Gasteiger partial charge on any atom is 0.251 e.